The highest BCUT2D eigenvalue weighted by atomic mass is 32.1. The van der Waals surface area contributed by atoms with Gasteiger partial charge in [0.2, 0.25) is 0 Å². The first kappa shape index (κ1) is 19.9. The first-order valence-corrected chi connectivity index (χ1v) is 8.32. The van der Waals surface area contributed by atoms with Crippen molar-refractivity contribution in [3.8, 4) is 0 Å². The minimum Gasteiger partial charge on any atom is -0.402 e. The summed E-state index contributed by atoms with van der Waals surface area (Å²) in [5.41, 5.74) is 16.8. The number of carbonyl (C=O) groups excluding carboxylic acids is 1. The zero-order valence-corrected chi connectivity index (χ0v) is 14.9. The van der Waals surface area contributed by atoms with E-state index >= 15 is 0 Å². The molecule has 1 heterocycles. The van der Waals surface area contributed by atoms with Crippen LogP contribution >= 0.6 is 12.2 Å². The van der Waals surface area contributed by atoms with Crippen molar-refractivity contribution in [3.63, 3.8) is 0 Å². The topological polar surface area (TPSA) is 145 Å². The number of nitrogens with zero attached hydrogens (tertiary/aromatic N) is 2. The molecule has 0 unspecified atom stereocenters. The summed E-state index contributed by atoms with van der Waals surface area (Å²) in [6.45, 7) is 1.64. The number of thiocarbonyl (C=S) groups is 1. The number of anilines is 2. The molecule has 1 amide bonds. The Labute approximate surface area is 154 Å². The van der Waals surface area contributed by atoms with Gasteiger partial charge in [-0.25, -0.2) is 18.7 Å². The van der Waals surface area contributed by atoms with Crippen molar-refractivity contribution in [2.45, 2.75) is 44.2 Å². The fourth-order valence-corrected chi connectivity index (χ4v) is 2.92. The molecule has 11 heteroatoms. The molecule has 8 N–H and O–H groups in total. The molecular weight excluding hydrogens is 364 g/mol. The molecule has 0 radical (unpaired) electrons. The fraction of sp³-hybridized carbons (Fsp3) is 0.467. The Morgan fingerprint density at radius 3 is 2.77 bits per heavy atom. The molecule has 8 nitrogen and oxygen atoms in total. The maximum atomic E-state index is 13.8. The van der Waals surface area contributed by atoms with Gasteiger partial charge >= 0.3 is 0 Å². The monoisotopic (exact) mass is 385 g/mol. The highest BCUT2D eigenvalue weighted by molar-refractivity contribution is 7.81. The molecule has 142 valence electrons. The number of alkyl halides is 2. The molecule has 1 aliphatic carbocycles. The SMILES string of the molecule is C/C(N)=C/C(=S)Nc1nc(N[C@@H]2CCCC(F)(F)[C@@H]2N)cnc1C(N)=O. The lowest BCUT2D eigenvalue weighted by Crippen LogP contribution is -2.55. The minimum absolute atomic E-state index is 0.00106. The number of halogens is 2. The number of aromatic nitrogens is 2. The van der Waals surface area contributed by atoms with E-state index in [1.54, 1.807) is 6.92 Å². The Bertz CT molecular complexity index is 737. The third kappa shape index (κ3) is 4.82. The second-order valence-electron chi connectivity index (χ2n) is 6.12. The summed E-state index contributed by atoms with van der Waals surface area (Å²) in [5, 5.41) is 5.56. The van der Waals surface area contributed by atoms with E-state index in [9.17, 15) is 13.6 Å². The highest BCUT2D eigenvalue weighted by Crippen LogP contribution is 2.33. The van der Waals surface area contributed by atoms with Crippen LogP contribution in [0.2, 0.25) is 0 Å². The van der Waals surface area contributed by atoms with Crippen molar-refractivity contribution in [2.24, 2.45) is 17.2 Å². The van der Waals surface area contributed by atoms with E-state index in [2.05, 4.69) is 20.6 Å². The number of carbonyl (C=O) groups is 1. The van der Waals surface area contributed by atoms with E-state index in [0.29, 0.717) is 18.5 Å². The quantitative estimate of drug-likeness (QED) is 0.374. The van der Waals surface area contributed by atoms with Crippen LogP contribution in [0.15, 0.2) is 18.0 Å². The largest absolute Gasteiger partial charge is 0.402 e. The van der Waals surface area contributed by atoms with Crippen LogP contribution in [-0.2, 0) is 0 Å². The molecule has 26 heavy (non-hydrogen) atoms. The van der Waals surface area contributed by atoms with Gasteiger partial charge in [0.15, 0.2) is 11.5 Å². The summed E-state index contributed by atoms with van der Waals surface area (Å²) in [6.07, 6.45) is 3.25. The Balaban J connectivity index is 2.25. The number of hydrogen-bond donors (Lipinski definition) is 5. The summed E-state index contributed by atoms with van der Waals surface area (Å²) in [7, 11) is 0. The van der Waals surface area contributed by atoms with Crippen molar-refractivity contribution < 1.29 is 13.6 Å². The van der Waals surface area contributed by atoms with Crippen molar-refractivity contribution >= 4 is 34.7 Å². The van der Waals surface area contributed by atoms with Crippen molar-refractivity contribution in [1.82, 2.24) is 9.97 Å². The highest BCUT2D eigenvalue weighted by Gasteiger charge is 2.44. The zero-order chi connectivity index (χ0) is 19.5. The smallest absolute Gasteiger partial charge is 0.271 e. The van der Waals surface area contributed by atoms with Crippen LogP contribution in [0, 0.1) is 0 Å². The molecule has 1 saturated carbocycles. The van der Waals surface area contributed by atoms with Gasteiger partial charge in [0, 0.05) is 18.2 Å². The van der Waals surface area contributed by atoms with Gasteiger partial charge in [-0.05, 0) is 25.8 Å². The first-order valence-electron chi connectivity index (χ1n) is 7.91. The lowest BCUT2D eigenvalue weighted by atomic mass is 9.87. The second kappa shape index (κ2) is 7.87. The summed E-state index contributed by atoms with van der Waals surface area (Å²) in [6, 6.07) is -2.03. The van der Waals surface area contributed by atoms with Crippen molar-refractivity contribution in [3.05, 3.63) is 23.7 Å². The standard InChI is InChI=1S/C15H21F2N7OS/c1-7(18)5-10(26)24-14-11(13(20)25)21-6-9(23-14)22-8-3-2-4-15(16,17)12(8)19/h5-6,8,12H,2-4,18-19H2,1H3,(H2,20,25)(H2,22,23,24,26)/b7-5-/t8-,12-/m1/s1. The predicted molar refractivity (Wildman–Crippen MR) is 98.9 cm³/mol. The Morgan fingerprint density at radius 1 is 1.46 bits per heavy atom. The maximum absolute atomic E-state index is 13.8. The van der Waals surface area contributed by atoms with Gasteiger partial charge < -0.3 is 27.8 Å². The van der Waals surface area contributed by atoms with Gasteiger partial charge in [-0.3, -0.25) is 4.79 Å². The summed E-state index contributed by atoms with van der Waals surface area (Å²) < 4.78 is 27.6. The van der Waals surface area contributed by atoms with E-state index in [0.717, 1.165) is 0 Å². The molecule has 1 aromatic heterocycles. The third-order valence-electron chi connectivity index (χ3n) is 3.89. The van der Waals surface area contributed by atoms with Gasteiger partial charge in [-0.1, -0.05) is 12.2 Å². The second-order valence-corrected chi connectivity index (χ2v) is 6.56. The summed E-state index contributed by atoms with van der Waals surface area (Å²) >= 11 is 5.08. The van der Waals surface area contributed by atoms with Crippen LogP contribution in [0.3, 0.4) is 0 Å². The number of rotatable bonds is 5. The van der Waals surface area contributed by atoms with E-state index in [1.807, 2.05) is 0 Å². The van der Waals surface area contributed by atoms with Crippen molar-refractivity contribution in [1.29, 1.82) is 0 Å². The molecule has 2 atom stereocenters. The Hall–Kier alpha value is -2.40. The average molecular weight is 385 g/mol. The molecule has 0 aliphatic heterocycles. The third-order valence-corrected chi connectivity index (χ3v) is 4.11. The average Bonchev–Trinajstić information content (AvgIpc) is 2.51. The van der Waals surface area contributed by atoms with Crippen molar-refractivity contribution in [2.75, 3.05) is 10.6 Å². The number of nitrogens with one attached hydrogen (secondary N) is 2. The van der Waals surface area contributed by atoms with Crippen LogP contribution < -0.4 is 27.8 Å². The predicted octanol–water partition coefficient (Wildman–Crippen LogP) is 1.10. The number of allylic oxidation sites excluding steroid dienone is 1. The van der Waals surface area contributed by atoms with E-state index in [1.165, 1.54) is 12.3 Å². The lowest BCUT2D eigenvalue weighted by Gasteiger charge is -2.36. The molecule has 0 aromatic carbocycles. The summed E-state index contributed by atoms with van der Waals surface area (Å²) in [5.74, 6) is -3.60. The molecule has 1 fully saturated rings. The van der Waals surface area contributed by atoms with Gasteiger partial charge in [-0.2, -0.15) is 0 Å². The molecule has 2 rings (SSSR count). The normalized spacial score (nSPS) is 22.5. The molecular formula is C15H21F2N7OS. The van der Waals surface area contributed by atoms with Crippen LogP contribution in [0.1, 0.15) is 36.7 Å². The van der Waals surface area contributed by atoms with E-state index in [-0.39, 0.29) is 28.7 Å². The van der Waals surface area contributed by atoms with E-state index < -0.39 is 23.9 Å². The van der Waals surface area contributed by atoms with Gasteiger partial charge in [0.1, 0.15) is 10.8 Å². The van der Waals surface area contributed by atoms with Crippen LogP contribution in [0.4, 0.5) is 20.4 Å². The van der Waals surface area contributed by atoms with Gasteiger partial charge in [0.05, 0.1) is 12.2 Å². The first-order chi connectivity index (χ1) is 12.1. The van der Waals surface area contributed by atoms with Gasteiger partial charge in [-0.15, -0.1) is 0 Å². The number of primary amides is 1. The lowest BCUT2D eigenvalue weighted by molar-refractivity contribution is -0.0554. The molecule has 1 aliphatic rings. The van der Waals surface area contributed by atoms with Crippen LogP contribution in [0.25, 0.3) is 0 Å². The Morgan fingerprint density at radius 2 is 2.15 bits per heavy atom. The van der Waals surface area contributed by atoms with Gasteiger partial charge in [0.25, 0.3) is 11.8 Å². The number of hydrogen-bond acceptors (Lipinski definition) is 7. The Kier molecular flexibility index (Phi) is 6.03. The zero-order valence-electron chi connectivity index (χ0n) is 14.1. The number of amides is 1. The summed E-state index contributed by atoms with van der Waals surface area (Å²) in [4.78, 5) is 19.8. The van der Waals surface area contributed by atoms with E-state index in [4.69, 9.17) is 29.4 Å². The molecule has 1 aromatic rings. The van der Waals surface area contributed by atoms with Crippen LogP contribution in [-0.4, -0.2) is 38.9 Å². The maximum Gasteiger partial charge on any atom is 0.271 e. The molecule has 0 bridgehead atoms. The fourth-order valence-electron chi connectivity index (χ4n) is 2.64. The minimum atomic E-state index is -2.96. The molecule has 0 saturated heterocycles. The molecule has 0 spiro atoms. The number of nitrogens with two attached hydrogens (primary N) is 3. The van der Waals surface area contributed by atoms with Crippen LogP contribution in [0.5, 0.6) is 0 Å².